The van der Waals surface area contributed by atoms with Gasteiger partial charge >= 0.3 is 0 Å². The number of nitrogens with one attached hydrogen (secondary N) is 1. The van der Waals surface area contributed by atoms with E-state index in [-0.39, 0.29) is 23.6 Å². The van der Waals surface area contributed by atoms with Crippen molar-refractivity contribution >= 4 is 15.9 Å². The molecule has 0 aromatic rings. The highest BCUT2D eigenvalue weighted by atomic mass is 32.2. The number of hydrogen-bond donors (Lipinski definition) is 3. The summed E-state index contributed by atoms with van der Waals surface area (Å²) < 4.78 is 21.3. The molecule has 0 heterocycles. The van der Waals surface area contributed by atoms with E-state index in [0.717, 1.165) is 25.7 Å². The number of sulfonamides is 1. The topological polar surface area (TPSA) is 115 Å². The number of hydrogen-bond acceptors (Lipinski definition) is 4. The Kier molecular flexibility index (Phi) is 5.35. The molecule has 1 fully saturated rings. The van der Waals surface area contributed by atoms with Gasteiger partial charge in [-0.25, -0.2) is 13.6 Å². The molecule has 5 N–H and O–H groups in total. The average Bonchev–Trinajstić information content (AvgIpc) is 2.23. The van der Waals surface area contributed by atoms with Gasteiger partial charge in [0, 0.05) is 18.5 Å². The number of rotatable bonds is 5. The Morgan fingerprint density at radius 1 is 1.35 bits per heavy atom. The largest absolute Gasteiger partial charge is 0.356 e. The third kappa shape index (κ3) is 5.99. The van der Waals surface area contributed by atoms with Crippen LogP contribution < -0.4 is 16.2 Å². The molecule has 2 atom stereocenters. The molecule has 1 aliphatic carbocycles. The van der Waals surface area contributed by atoms with Crippen molar-refractivity contribution in [3.8, 4) is 0 Å². The SMILES string of the molecule is NC1CCCC(C(=O)NCCCS(N)(=O)=O)C1. The third-order valence-electron chi connectivity index (χ3n) is 2.99. The maximum Gasteiger partial charge on any atom is 0.223 e. The van der Waals surface area contributed by atoms with Gasteiger partial charge in [-0.05, 0) is 25.7 Å². The fourth-order valence-corrected chi connectivity index (χ4v) is 2.64. The number of carbonyl (C=O) groups excluding carboxylic acids is 1. The predicted octanol–water partition coefficient (Wildman–Crippen LogP) is -0.701. The van der Waals surface area contributed by atoms with Crippen molar-refractivity contribution in [2.24, 2.45) is 16.8 Å². The number of primary sulfonamides is 1. The maximum absolute atomic E-state index is 11.7. The van der Waals surface area contributed by atoms with Crippen molar-refractivity contribution < 1.29 is 13.2 Å². The van der Waals surface area contributed by atoms with Gasteiger partial charge in [0.2, 0.25) is 15.9 Å². The van der Waals surface area contributed by atoms with Gasteiger partial charge in [0.25, 0.3) is 0 Å². The molecule has 0 bridgehead atoms. The van der Waals surface area contributed by atoms with Crippen LogP contribution in [-0.2, 0) is 14.8 Å². The summed E-state index contributed by atoms with van der Waals surface area (Å²) in [4.78, 5) is 11.7. The van der Waals surface area contributed by atoms with Crippen LogP contribution in [0.5, 0.6) is 0 Å². The normalized spacial score (nSPS) is 25.5. The van der Waals surface area contributed by atoms with Crippen LogP contribution in [0.15, 0.2) is 0 Å². The van der Waals surface area contributed by atoms with Gasteiger partial charge < -0.3 is 11.1 Å². The van der Waals surface area contributed by atoms with E-state index in [9.17, 15) is 13.2 Å². The van der Waals surface area contributed by atoms with Gasteiger partial charge in [-0.2, -0.15) is 0 Å². The highest BCUT2D eigenvalue weighted by Crippen LogP contribution is 2.22. The first kappa shape index (κ1) is 14.4. The molecule has 1 saturated carbocycles. The zero-order chi connectivity index (χ0) is 12.9. The minimum absolute atomic E-state index is 0.0189. The molecule has 2 unspecified atom stereocenters. The maximum atomic E-state index is 11.7. The molecule has 1 aliphatic rings. The summed E-state index contributed by atoms with van der Waals surface area (Å²) in [6.45, 7) is 0.348. The lowest BCUT2D eigenvalue weighted by atomic mass is 9.85. The molecule has 0 spiro atoms. The average molecular weight is 263 g/mol. The molecule has 100 valence electrons. The second-order valence-corrected chi connectivity index (χ2v) is 6.37. The molecule has 17 heavy (non-hydrogen) atoms. The lowest BCUT2D eigenvalue weighted by molar-refractivity contribution is -0.126. The zero-order valence-corrected chi connectivity index (χ0v) is 10.7. The third-order valence-corrected chi connectivity index (χ3v) is 3.85. The summed E-state index contributed by atoms with van der Waals surface area (Å²) in [5.41, 5.74) is 5.80. The van der Waals surface area contributed by atoms with Crippen molar-refractivity contribution in [2.75, 3.05) is 12.3 Å². The van der Waals surface area contributed by atoms with E-state index < -0.39 is 10.0 Å². The summed E-state index contributed by atoms with van der Waals surface area (Å²) >= 11 is 0. The van der Waals surface area contributed by atoms with Crippen LogP contribution >= 0.6 is 0 Å². The summed E-state index contributed by atoms with van der Waals surface area (Å²) in [7, 11) is -3.43. The van der Waals surface area contributed by atoms with Crippen LogP contribution in [0, 0.1) is 5.92 Å². The predicted molar refractivity (Wildman–Crippen MR) is 65.5 cm³/mol. The Morgan fingerprint density at radius 2 is 2.06 bits per heavy atom. The van der Waals surface area contributed by atoms with Gasteiger partial charge in [0.05, 0.1) is 5.75 Å². The van der Waals surface area contributed by atoms with Crippen molar-refractivity contribution in [3.63, 3.8) is 0 Å². The molecule has 0 aromatic heterocycles. The van der Waals surface area contributed by atoms with E-state index in [1.54, 1.807) is 0 Å². The van der Waals surface area contributed by atoms with Crippen LogP contribution in [0.4, 0.5) is 0 Å². The Bertz CT molecular complexity index is 356. The quantitative estimate of drug-likeness (QED) is 0.569. The van der Waals surface area contributed by atoms with E-state index in [2.05, 4.69) is 5.32 Å². The van der Waals surface area contributed by atoms with Gasteiger partial charge in [0.1, 0.15) is 0 Å². The first-order chi connectivity index (χ1) is 7.88. The molecule has 0 aliphatic heterocycles. The zero-order valence-electron chi connectivity index (χ0n) is 9.89. The second kappa shape index (κ2) is 6.32. The van der Waals surface area contributed by atoms with Crippen LogP contribution in [0.1, 0.15) is 32.1 Å². The van der Waals surface area contributed by atoms with Gasteiger partial charge in [0.15, 0.2) is 0 Å². The van der Waals surface area contributed by atoms with Gasteiger partial charge in [-0.15, -0.1) is 0 Å². The summed E-state index contributed by atoms with van der Waals surface area (Å²) in [5.74, 6) is -0.139. The highest BCUT2D eigenvalue weighted by Gasteiger charge is 2.24. The fraction of sp³-hybridized carbons (Fsp3) is 0.900. The van der Waals surface area contributed by atoms with E-state index in [1.165, 1.54) is 0 Å². The van der Waals surface area contributed by atoms with Crippen LogP contribution in [0.25, 0.3) is 0 Å². The number of carbonyl (C=O) groups is 1. The molecule has 0 saturated heterocycles. The Hall–Kier alpha value is -0.660. The van der Waals surface area contributed by atoms with Gasteiger partial charge in [-0.3, -0.25) is 4.79 Å². The molecule has 7 heteroatoms. The van der Waals surface area contributed by atoms with Crippen molar-refractivity contribution in [2.45, 2.75) is 38.1 Å². The Balaban J connectivity index is 2.20. The molecular weight excluding hydrogens is 242 g/mol. The van der Waals surface area contributed by atoms with E-state index in [1.807, 2.05) is 0 Å². The van der Waals surface area contributed by atoms with Crippen molar-refractivity contribution in [1.29, 1.82) is 0 Å². The molecule has 1 amide bonds. The first-order valence-corrected chi connectivity index (χ1v) is 7.64. The molecule has 1 rings (SSSR count). The lowest BCUT2D eigenvalue weighted by Gasteiger charge is -2.25. The second-order valence-electron chi connectivity index (χ2n) is 4.64. The number of nitrogens with two attached hydrogens (primary N) is 2. The lowest BCUT2D eigenvalue weighted by Crippen LogP contribution is -2.38. The minimum atomic E-state index is -3.43. The number of amides is 1. The van der Waals surface area contributed by atoms with Gasteiger partial charge in [-0.1, -0.05) is 6.42 Å². The monoisotopic (exact) mass is 263 g/mol. The highest BCUT2D eigenvalue weighted by molar-refractivity contribution is 7.89. The van der Waals surface area contributed by atoms with E-state index >= 15 is 0 Å². The molecule has 0 radical (unpaired) electrons. The van der Waals surface area contributed by atoms with Crippen molar-refractivity contribution in [3.05, 3.63) is 0 Å². The van der Waals surface area contributed by atoms with E-state index in [0.29, 0.717) is 13.0 Å². The fourth-order valence-electron chi connectivity index (χ4n) is 2.10. The van der Waals surface area contributed by atoms with Crippen LogP contribution in [0.3, 0.4) is 0 Å². The van der Waals surface area contributed by atoms with Crippen LogP contribution in [0.2, 0.25) is 0 Å². The van der Waals surface area contributed by atoms with E-state index in [4.69, 9.17) is 10.9 Å². The molecular formula is C10H21N3O3S. The standard InChI is InChI=1S/C10H21N3O3S/c11-9-4-1-3-8(7-9)10(14)13-5-2-6-17(12,15)16/h8-9H,1-7,11H2,(H,13,14)(H2,12,15,16). The summed E-state index contributed by atoms with van der Waals surface area (Å²) in [5, 5.41) is 7.59. The van der Waals surface area contributed by atoms with Crippen LogP contribution in [-0.4, -0.2) is 32.7 Å². The Morgan fingerprint density at radius 3 is 2.65 bits per heavy atom. The smallest absolute Gasteiger partial charge is 0.223 e. The first-order valence-electron chi connectivity index (χ1n) is 5.92. The minimum Gasteiger partial charge on any atom is -0.356 e. The molecule has 6 nitrogen and oxygen atoms in total. The van der Waals surface area contributed by atoms with Crippen molar-refractivity contribution in [1.82, 2.24) is 5.32 Å². The summed E-state index contributed by atoms with van der Waals surface area (Å²) in [6, 6.07) is 0.115. The molecule has 0 aromatic carbocycles. The summed E-state index contributed by atoms with van der Waals surface area (Å²) in [6.07, 6.45) is 3.91. The Labute approximate surface area is 102 Å².